The summed E-state index contributed by atoms with van der Waals surface area (Å²) in [6, 6.07) is 5.93. The monoisotopic (exact) mass is 1090 g/mol. The fourth-order valence-corrected chi connectivity index (χ4v) is 11.6. The SMILES string of the molecule is CC(=O)N[C@@H](CSc1nc2c(=O)[nH]c(N)nc2n1[C@@H]1O[C@@H]2CO[P+](O)(O)O[C@H]2[C@H]1O)C(=O)NCCCOCCOCCOCCCNC(=O)C[C@@H]1N=C(c2ccc(Cl)cc2)c2c(sc(C)c2C)-n2c(C)nnc21. The molecule has 3 aliphatic rings. The lowest BCUT2D eigenvalue weighted by Gasteiger charge is -2.24. The number of nitrogen functional groups attached to an aromatic ring is 1. The van der Waals surface area contributed by atoms with Crippen molar-refractivity contribution < 1.29 is 57.3 Å². The van der Waals surface area contributed by atoms with Gasteiger partial charge in [0.25, 0.3) is 5.56 Å². The number of nitrogens with zero attached hydrogens (tertiary/aromatic N) is 7. The van der Waals surface area contributed by atoms with Crippen LogP contribution in [0, 0.1) is 20.8 Å². The largest absolute Gasteiger partial charge is 0.570 e. The smallest absolute Gasteiger partial charge is 0.385 e. The van der Waals surface area contributed by atoms with Crippen molar-refractivity contribution in [3.05, 3.63) is 72.9 Å². The summed E-state index contributed by atoms with van der Waals surface area (Å²) in [4.78, 5) is 88.7. The van der Waals surface area contributed by atoms with E-state index in [1.54, 1.807) is 11.3 Å². The molecule has 0 aliphatic carbocycles. The van der Waals surface area contributed by atoms with Gasteiger partial charge in [0, 0.05) is 60.0 Å². The number of anilines is 1. The number of H-pyrrole nitrogens is 1. The second-order valence-electron chi connectivity index (χ2n) is 17.2. The van der Waals surface area contributed by atoms with Gasteiger partial charge in [-0.05, 0) is 51.3 Å². The Bertz CT molecular complexity index is 2880. The number of aliphatic imine (C=N–C) groups is 1. The highest BCUT2D eigenvalue weighted by molar-refractivity contribution is 7.99. The molecule has 7 heterocycles. The highest BCUT2D eigenvalue weighted by Gasteiger charge is 2.60. The fourth-order valence-electron chi connectivity index (χ4n) is 8.29. The first-order valence-corrected chi connectivity index (χ1v) is 27.0. The molecule has 1 aromatic carbocycles. The molecule has 0 saturated carbocycles. The van der Waals surface area contributed by atoms with Crippen LogP contribution in [0.4, 0.5) is 5.95 Å². The first-order valence-electron chi connectivity index (χ1n) is 23.3. The summed E-state index contributed by atoms with van der Waals surface area (Å²) < 4.78 is 36.4. The number of ether oxygens (including phenoxy) is 4. The second-order valence-corrected chi connectivity index (χ2v) is 21.2. The van der Waals surface area contributed by atoms with Crippen molar-refractivity contribution >= 4 is 83.4 Å². The van der Waals surface area contributed by atoms with Gasteiger partial charge >= 0.3 is 8.17 Å². The molecule has 3 aliphatic heterocycles. The van der Waals surface area contributed by atoms with Crippen molar-refractivity contribution in [1.82, 2.24) is 50.2 Å². The number of thioether (sulfide) groups is 1. The number of carbonyl (C=O) groups is 3. The van der Waals surface area contributed by atoms with Crippen molar-refractivity contribution in [2.24, 2.45) is 4.99 Å². The van der Waals surface area contributed by atoms with E-state index < -0.39 is 62.2 Å². The zero-order chi connectivity index (χ0) is 52.0. The minimum absolute atomic E-state index is 0.0506. The van der Waals surface area contributed by atoms with Gasteiger partial charge in [-0.1, -0.05) is 35.5 Å². The highest BCUT2D eigenvalue weighted by atomic mass is 35.5. The van der Waals surface area contributed by atoms with Crippen LogP contribution >= 0.6 is 42.9 Å². The van der Waals surface area contributed by atoms with Crippen LogP contribution in [0.15, 0.2) is 39.2 Å². The van der Waals surface area contributed by atoms with Crippen LogP contribution in [-0.2, 0) is 42.4 Å². The number of aryl methyl sites for hydroxylation is 2. The lowest BCUT2D eigenvalue weighted by Crippen LogP contribution is -2.48. The minimum atomic E-state index is -4.20. The van der Waals surface area contributed by atoms with E-state index >= 15 is 0 Å². The number of thiophene rings is 1. The van der Waals surface area contributed by atoms with Crippen molar-refractivity contribution in [3.63, 3.8) is 0 Å². The van der Waals surface area contributed by atoms with Crippen LogP contribution in [0.3, 0.4) is 0 Å². The molecule has 2 saturated heterocycles. The van der Waals surface area contributed by atoms with E-state index in [4.69, 9.17) is 50.3 Å². The molecule has 0 spiro atoms. The van der Waals surface area contributed by atoms with Gasteiger partial charge < -0.3 is 45.7 Å². The molecule has 25 nitrogen and oxygen atoms in total. The first-order chi connectivity index (χ1) is 35.0. The predicted molar refractivity (Wildman–Crippen MR) is 269 cm³/mol. The van der Waals surface area contributed by atoms with Crippen LogP contribution in [0.1, 0.15) is 71.7 Å². The molecule has 2 fully saturated rings. The zero-order valence-electron chi connectivity index (χ0n) is 40.2. The summed E-state index contributed by atoms with van der Waals surface area (Å²) in [5.74, 6) is -0.106. The van der Waals surface area contributed by atoms with E-state index in [0.717, 1.165) is 49.9 Å². The molecule has 9 N–H and O–H groups in total. The zero-order valence-corrected chi connectivity index (χ0v) is 43.5. The van der Waals surface area contributed by atoms with Crippen LogP contribution in [0.25, 0.3) is 16.2 Å². The molecule has 5 aromatic rings. The Hall–Kier alpha value is -5.00. The van der Waals surface area contributed by atoms with Crippen LogP contribution in [0.5, 0.6) is 0 Å². The van der Waals surface area contributed by atoms with E-state index in [0.29, 0.717) is 69.9 Å². The quantitative estimate of drug-likeness (QED) is 0.0263. The molecule has 3 amide bonds. The van der Waals surface area contributed by atoms with Gasteiger partial charge in [-0.2, -0.15) is 19.3 Å². The minimum Gasteiger partial charge on any atom is -0.385 e. The molecule has 4 aromatic heterocycles. The number of aromatic amines is 1. The second kappa shape index (κ2) is 24.1. The van der Waals surface area contributed by atoms with Crippen molar-refractivity contribution in [1.29, 1.82) is 0 Å². The third-order valence-electron chi connectivity index (χ3n) is 11.9. The van der Waals surface area contributed by atoms with Gasteiger partial charge in [0.1, 0.15) is 41.7 Å². The summed E-state index contributed by atoms with van der Waals surface area (Å²) in [7, 11) is -4.20. The normalized spacial score (nSPS) is 20.4. The number of nitrogens with one attached hydrogen (secondary N) is 4. The Kier molecular flexibility index (Phi) is 17.9. The molecule has 73 heavy (non-hydrogen) atoms. The lowest BCUT2D eigenvalue weighted by atomic mass is 9.99. The van der Waals surface area contributed by atoms with E-state index in [1.807, 2.05) is 35.8 Å². The number of imidazole rings is 1. The summed E-state index contributed by atoms with van der Waals surface area (Å²) >= 11 is 8.85. The number of hydrogen-bond donors (Lipinski definition) is 8. The van der Waals surface area contributed by atoms with Gasteiger partial charge in [0.2, 0.25) is 23.7 Å². The van der Waals surface area contributed by atoms with Crippen LogP contribution in [-0.4, -0.2) is 162 Å². The Labute approximate surface area is 431 Å². The first kappa shape index (κ1) is 54.3. The Morgan fingerprint density at radius 1 is 1.01 bits per heavy atom. The number of hydrogen-bond acceptors (Lipinski definition) is 21. The molecular formula is C44H57ClN12O13PS2+. The summed E-state index contributed by atoms with van der Waals surface area (Å²) in [5.41, 5.74) is 8.75. The average Bonchev–Trinajstić information content (AvgIpc) is 4.06. The molecule has 394 valence electrons. The molecule has 0 radical (unpaired) electrons. The van der Waals surface area contributed by atoms with E-state index in [1.165, 1.54) is 11.5 Å². The number of fused-ring (bicyclic) bond motifs is 5. The maximum Gasteiger partial charge on any atom is 0.570 e. The van der Waals surface area contributed by atoms with Gasteiger partial charge in [-0.25, -0.2) is 4.98 Å². The Balaban J connectivity index is 0.711. The Morgan fingerprint density at radius 2 is 1.70 bits per heavy atom. The van der Waals surface area contributed by atoms with Crippen molar-refractivity contribution in [2.45, 2.75) is 88.7 Å². The number of nitrogens with two attached hydrogens (primary N) is 1. The number of aliphatic hydroxyl groups is 1. The standard InChI is InChI=1S/C44H56ClN12O13PS2/c1-22-23(2)73-42-32(22)33(26-7-9-27(45)10-8-26)50-28(37-55-54-24(3)56(37)42)19-31(59)47-11-5-13-65-15-17-67-18-16-66-14-6-12-48-39(61)29(49-25(4)58)21-72-44-51-34-38(52-43(46)53-40(34)62)57(44)41-35(60)36-30(69-41)20-68-71(63,64)70-36/h7-10,28-30,35-36,41,60,63-64H,5-6,11-21H2,1-4H3,(H5-,46,47,48,49,52,53,58,59,61,62)/p+1/t28-,29-,30+,35+,36+,41+/m0/s1. The molecule has 29 heteroatoms. The summed E-state index contributed by atoms with van der Waals surface area (Å²) in [6.07, 6.45) is -3.75. The van der Waals surface area contributed by atoms with Crippen LogP contribution in [0.2, 0.25) is 5.02 Å². The Morgan fingerprint density at radius 3 is 2.40 bits per heavy atom. The van der Waals surface area contributed by atoms with Gasteiger partial charge in [0.15, 0.2) is 34.5 Å². The fraction of sp³-hybridized carbons (Fsp3) is 0.523. The third-order valence-corrected chi connectivity index (χ3v) is 15.4. The molecule has 0 bridgehead atoms. The molecule has 6 atom stereocenters. The lowest BCUT2D eigenvalue weighted by molar-refractivity contribution is -0.127. The number of benzene rings is 1. The van der Waals surface area contributed by atoms with E-state index in [2.05, 4.69) is 54.9 Å². The summed E-state index contributed by atoms with van der Waals surface area (Å²) in [6.45, 7) is 9.76. The van der Waals surface area contributed by atoms with Gasteiger partial charge in [0.05, 0.1) is 38.6 Å². The highest BCUT2D eigenvalue weighted by Crippen LogP contribution is 2.59. The predicted octanol–water partition coefficient (Wildman–Crippen LogP) is 1.90. The number of aliphatic hydroxyl groups excluding tert-OH is 1. The maximum absolute atomic E-state index is 13.3. The van der Waals surface area contributed by atoms with Crippen molar-refractivity contribution in [2.75, 3.05) is 70.8 Å². The summed E-state index contributed by atoms with van der Waals surface area (Å²) in [5, 5.41) is 30.1. The van der Waals surface area contributed by atoms with Gasteiger partial charge in [-0.3, -0.25) is 38.3 Å². The van der Waals surface area contributed by atoms with E-state index in [-0.39, 0.29) is 53.5 Å². The van der Waals surface area contributed by atoms with Gasteiger partial charge in [-0.15, -0.1) is 26.1 Å². The number of carbonyl (C=O) groups excluding carboxylic acids is 3. The topological polar surface area (TPSA) is 336 Å². The number of rotatable bonds is 23. The average molecular weight is 1090 g/mol. The number of amides is 3. The number of halogens is 1. The third kappa shape index (κ3) is 12.9. The van der Waals surface area contributed by atoms with Crippen molar-refractivity contribution in [3.8, 4) is 5.00 Å². The molecule has 0 unspecified atom stereocenters. The number of aromatic nitrogens is 7. The van der Waals surface area contributed by atoms with E-state index in [9.17, 15) is 34.1 Å². The molecular weight excluding hydrogens is 1040 g/mol. The molecule has 8 rings (SSSR count). The maximum atomic E-state index is 13.3. The van der Waals surface area contributed by atoms with Crippen LogP contribution < -0.4 is 27.2 Å².